The smallest absolute Gasteiger partial charge is 0.315 e. The SMILES string of the molecule is COC[C@@H](NC(=O)N[C@H](C(=O)N1CC[C@H](C(C)C)[C@H]1C(=O)NC(CC1CC1)C(=O)C(N)=O)C1CCCCC1)C(C)(C)C. The van der Waals surface area contributed by atoms with Gasteiger partial charge in [0.15, 0.2) is 0 Å². The number of carbonyl (C=O) groups is 5. The van der Waals surface area contributed by atoms with Crippen LogP contribution >= 0.6 is 0 Å². The number of urea groups is 1. The highest BCUT2D eigenvalue weighted by atomic mass is 16.5. The molecule has 5 N–H and O–H groups in total. The maximum Gasteiger partial charge on any atom is 0.315 e. The molecule has 1 unspecified atom stereocenters. The van der Waals surface area contributed by atoms with E-state index in [0.29, 0.717) is 26.0 Å². The zero-order chi connectivity index (χ0) is 31.2. The van der Waals surface area contributed by atoms with E-state index in [4.69, 9.17) is 10.5 Å². The summed E-state index contributed by atoms with van der Waals surface area (Å²) in [5.74, 6) is -2.42. The summed E-state index contributed by atoms with van der Waals surface area (Å²) in [5, 5.41) is 8.79. The van der Waals surface area contributed by atoms with Crippen molar-refractivity contribution in [3.05, 3.63) is 0 Å². The maximum atomic E-state index is 14.3. The Labute approximate surface area is 250 Å². The highest BCUT2D eigenvalue weighted by Gasteiger charge is 2.47. The van der Waals surface area contributed by atoms with Gasteiger partial charge in [0.25, 0.3) is 5.91 Å². The highest BCUT2D eigenvalue weighted by molar-refractivity contribution is 6.37. The van der Waals surface area contributed by atoms with E-state index in [0.717, 1.165) is 44.9 Å². The number of primary amides is 1. The van der Waals surface area contributed by atoms with Crippen molar-refractivity contribution in [2.75, 3.05) is 20.3 Å². The van der Waals surface area contributed by atoms with Crippen LogP contribution in [0.3, 0.4) is 0 Å². The first-order valence-electron chi connectivity index (χ1n) is 15.7. The van der Waals surface area contributed by atoms with Crippen molar-refractivity contribution in [2.45, 2.75) is 117 Å². The third-order valence-corrected chi connectivity index (χ3v) is 9.35. The first-order valence-corrected chi connectivity index (χ1v) is 15.7. The van der Waals surface area contributed by atoms with Crippen molar-refractivity contribution in [1.29, 1.82) is 0 Å². The number of hydrogen-bond acceptors (Lipinski definition) is 6. The predicted octanol–water partition coefficient (Wildman–Crippen LogP) is 2.51. The minimum Gasteiger partial charge on any atom is -0.383 e. The lowest BCUT2D eigenvalue weighted by atomic mass is 9.82. The molecular weight excluding hydrogens is 538 g/mol. The minimum atomic E-state index is -1.07. The molecule has 0 spiro atoms. The Morgan fingerprint density at radius 2 is 1.57 bits per heavy atom. The molecule has 2 saturated carbocycles. The van der Waals surface area contributed by atoms with Crippen LogP contribution < -0.4 is 21.7 Å². The van der Waals surface area contributed by atoms with Crippen LogP contribution in [0.5, 0.6) is 0 Å². The van der Waals surface area contributed by atoms with Crippen molar-refractivity contribution in [1.82, 2.24) is 20.9 Å². The third-order valence-electron chi connectivity index (χ3n) is 9.35. The zero-order valence-corrected chi connectivity index (χ0v) is 26.4. The summed E-state index contributed by atoms with van der Waals surface area (Å²) in [6, 6.07) is -3.31. The van der Waals surface area contributed by atoms with Gasteiger partial charge in [-0.05, 0) is 54.8 Å². The molecule has 3 fully saturated rings. The maximum absolute atomic E-state index is 14.3. The van der Waals surface area contributed by atoms with Gasteiger partial charge in [-0.25, -0.2) is 4.79 Å². The average Bonchev–Trinajstić information content (AvgIpc) is 3.63. The minimum absolute atomic E-state index is 0.0478. The lowest BCUT2D eigenvalue weighted by Crippen LogP contribution is -2.61. The molecule has 0 aromatic carbocycles. The number of nitrogens with zero attached hydrogens (tertiary/aromatic N) is 1. The second-order valence-corrected chi connectivity index (χ2v) is 14.0. The zero-order valence-electron chi connectivity index (χ0n) is 26.4. The molecule has 1 aliphatic heterocycles. The van der Waals surface area contributed by atoms with Crippen LogP contribution in [0.15, 0.2) is 0 Å². The molecule has 1 saturated heterocycles. The van der Waals surface area contributed by atoms with Crippen LogP contribution in [0.1, 0.15) is 92.4 Å². The molecule has 3 rings (SSSR count). The summed E-state index contributed by atoms with van der Waals surface area (Å²) in [5.41, 5.74) is 5.04. The second-order valence-electron chi connectivity index (χ2n) is 14.0. The molecule has 0 aromatic rings. The van der Waals surface area contributed by atoms with Crippen molar-refractivity contribution in [2.24, 2.45) is 34.8 Å². The molecule has 2 aliphatic carbocycles. The van der Waals surface area contributed by atoms with Gasteiger partial charge >= 0.3 is 6.03 Å². The van der Waals surface area contributed by atoms with E-state index >= 15 is 0 Å². The number of rotatable bonds is 13. The van der Waals surface area contributed by atoms with Crippen LogP contribution in [-0.4, -0.2) is 78.9 Å². The lowest BCUT2D eigenvalue weighted by Gasteiger charge is -2.37. The molecule has 11 nitrogen and oxygen atoms in total. The molecule has 238 valence electrons. The normalized spacial score (nSPS) is 23.6. The quantitative estimate of drug-likeness (QED) is 0.241. The van der Waals surface area contributed by atoms with Crippen LogP contribution in [0.4, 0.5) is 4.79 Å². The Kier molecular flexibility index (Phi) is 11.8. The van der Waals surface area contributed by atoms with Gasteiger partial charge in [-0.15, -0.1) is 0 Å². The summed E-state index contributed by atoms with van der Waals surface area (Å²) >= 11 is 0. The van der Waals surface area contributed by atoms with E-state index < -0.39 is 41.8 Å². The first-order chi connectivity index (χ1) is 19.7. The second kappa shape index (κ2) is 14.7. The fourth-order valence-corrected chi connectivity index (χ4v) is 6.49. The molecule has 1 heterocycles. The summed E-state index contributed by atoms with van der Waals surface area (Å²) in [7, 11) is 1.59. The molecule has 42 heavy (non-hydrogen) atoms. The molecule has 0 radical (unpaired) electrons. The number of ether oxygens (including phenoxy) is 1. The topological polar surface area (TPSA) is 160 Å². The summed E-state index contributed by atoms with van der Waals surface area (Å²) in [4.78, 5) is 67.4. The van der Waals surface area contributed by atoms with Gasteiger partial charge in [0, 0.05) is 13.7 Å². The third kappa shape index (κ3) is 8.91. The first kappa shape index (κ1) is 33.8. The van der Waals surface area contributed by atoms with E-state index in [1.54, 1.807) is 12.0 Å². The van der Waals surface area contributed by atoms with E-state index in [-0.39, 0.29) is 41.0 Å². The average molecular weight is 592 g/mol. The molecule has 0 bridgehead atoms. The number of hydrogen-bond donors (Lipinski definition) is 4. The number of amides is 5. The fourth-order valence-electron chi connectivity index (χ4n) is 6.49. The fraction of sp³-hybridized carbons (Fsp3) is 0.839. The number of ketones is 1. The van der Waals surface area contributed by atoms with Gasteiger partial charge in [0.1, 0.15) is 12.1 Å². The van der Waals surface area contributed by atoms with Gasteiger partial charge in [-0.1, -0.05) is 66.7 Å². The highest BCUT2D eigenvalue weighted by Crippen LogP contribution is 2.36. The Morgan fingerprint density at radius 1 is 0.929 bits per heavy atom. The number of methoxy groups -OCH3 is 1. The summed E-state index contributed by atoms with van der Waals surface area (Å²) in [6.07, 6.45) is 7.54. The largest absolute Gasteiger partial charge is 0.383 e. The Balaban J connectivity index is 1.85. The summed E-state index contributed by atoms with van der Waals surface area (Å²) in [6.45, 7) is 10.8. The summed E-state index contributed by atoms with van der Waals surface area (Å²) < 4.78 is 5.33. The molecule has 5 atom stereocenters. The lowest BCUT2D eigenvalue weighted by molar-refractivity contribution is -0.144. The number of nitrogens with one attached hydrogen (secondary N) is 3. The van der Waals surface area contributed by atoms with Crippen LogP contribution in [0.2, 0.25) is 0 Å². The Bertz CT molecular complexity index is 985. The molecule has 0 aromatic heterocycles. The van der Waals surface area contributed by atoms with Crippen molar-refractivity contribution >= 4 is 29.5 Å². The predicted molar refractivity (Wildman–Crippen MR) is 159 cm³/mol. The van der Waals surface area contributed by atoms with Gasteiger partial charge in [-0.2, -0.15) is 0 Å². The number of nitrogens with two attached hydrogens (primary N) is 1. The van der Waals surface area contributed by atoms with E-state index in [2.05, 4.69) is 16.0 Å². The molecular formula is C31H53N5O6. The van der Waals surface area contributed by atoms with Crippen molar-refractivity contribution in [3.8, 4) is 0 Å². The van der Waals surface area contributed by atoms with Crippen molar-refractivity contribution in [3.63, 3.8) is 0 Å². The molecule has 11 heteroatoms. The number of carbonyl (C=O) groups excluding carboxylic acids is 5. The van der Waals surface area contributed by atoms with Gasteiger partial charge < -0.3 is 31.3 Å². The van der Waals surface area contributed by atoms with Crippen molar-refractivity contribution < 1.29 is 28.7 Å². The standard InChI is InChI=1S/C31H53N5O6/c1-18(2)21-14-15-36(25(21)28(39)33-22(16-19-12-13-19)26(37)27(32)38)29(40)24(20-10-8-7-9-11-20)35-30(41)34-23(17-42-6)31(3,4)5/h18-25H,7-17H2,1-6H3,(H2,32,38)(H,33,39)(H2,34,35,41)/t21-,22?,23-,24+,25+/m1/s1. The Morgan fingerprint density at radius 3 is 2.10 bits per heavy atom. The number of likely N-dealkylation sites (tertiary alicyclic amines) is 1. The van der Waals surface area contributed by atoms with Crippen LogP contribution in [0, 0.1) is 29.1 Å². The Hall–Kier alpha value is -2.69. The van der Waals surface area contributed by atoms with E-state index in [1.165, 1.54) is 0 Å². The number of Topliss-reactive ketones (excluding diaryl/α,β-unsaturated/α-hetero) is 1. The molecule has 3 aliphatic rings. The van der Waals surface area contributed by atoms with E-state index in [9.17, 15) is 24.0 Å². The van der Waals surface area contributed by atoms with E-state index in [1.807, 2.05) is 34.6 Å². The van der Waals surface area contributed by atoms with Gasteiger partial charge in [-0.3, -0.25) is 19.2 Å². The monoisotopic (exact) mass is 591 g/mol. The van der Waals surface area contributed by atoms with Gasteiger partial charge in [0.2, 0.25) is 17.6 Å². The molecule has 5 amide bonds. The van der Waals surface area contributed by atoms with Crippen LogP contribution in [0.25, 0.3) is 0 Å². The van der Waals surface area contributed by atoms with Crippen LogP contribution in [-0.2, 0) is 23.9 Å². The van der Waals surface area contributed by atoms with Gasteiger partial charge in [0.05, 0.1) is 18.7 Å².